The molecule has 0 spiro atoms. The Bertz CT molecular complexity index is 1470. The molecular weight excluding hydrogens is 513 g/mol. The summed E-state index contributed by atoms with van der Waals surface area (Å²) in [5.41, 5.74) is 4.66. The first kappa shape index (κ1) is 26.6. The van der Waals surface area contributed by atoms with Crippen LogP contribution < -0.4 is 0 Å². The van der Waals surface area contributed by atoms with Crippen molar-refractivity contribution in [3.8, 4) is 11.4 Å². The summed E-state index contributed by atoms with van der Waals surface area (Å²) in [6, 6.07) is 13.4. The van der Waals surface area contributed by atoms with Gasteiger partial charge in [0.25, 0.3) is 0 Å². The number of ketones is 1. The van der Waals surface area contributed by atoms with Crippen LogP contribution in [0.3, 0.4) is 0 Å². The van der Waals surface area contributed by atoms with Gasteiger partial charge in [-0.05, 0) is 67.8 Å². The van der Waals surface area contributed by atoms with Gasteiger partial charge in [0.2, 0.25) is 5.78 Å². The molecule has 4 rings (SSSR count). The van der Waals surface area contributed by atoms with Crippen LogP contribution in [-0.2, 0) is 11.2 Å². The van der Waals surface area contributed by atoms with E-state index in [9.17, 15) is 31.9 Å². The fourth-order valence-electron chi connectivity index (χ4n) is 4.02. The Labute approximate surface area is 213 Å². The number of hydrogen-bond acceptors (Lipinski definition) is 5. The van der Waals surface area contributed by atoms with Crippen molar-refractivity contribution in [2.45, 2.75) is 55.5 Å². The zero-order valence-electron chi connectivity index (χ0n) is 20.0. The van der Waals surface area contributed by atoms with Crippen molar-refractivity contribution in [2.75, 3.05) is 0 Å². The van der Waals surface area contributed by atoms with Crippen LogP contribution in [0.5, 0.6) is 5.75 Å². The normalized spacial score (nSPS) is 12.3. The van der Waals surface area contributed by atoms with Crippen molar-refractivity contribution in [2.24, 2.45) is 0 Å². The number of nitrogens with zero attached hydrogens (tertiary/aromatic N) is 3. The Morgan fingerprint density at radius 3 is 2.19 bits per heavy atom. The quantitative estimate of drug-likeness (QED) is 0.261. The van der Waals surface area contributed by atoms with E-state index in [0.717, 1.165) is 27.0 Å². The first-order valence-electron chi connectivity index (χ1n) is 11.1. The molecule has 0 aliphatic heterocycles. The highest BCUT2D eigenvalue weighted by Gasteiger charge is 2.48. The molecule has 0 unspecified atom stereocenters. The molecule has 0 saturated heterocycles. The highest BCUT2D eigenvalue weighted by atomic mass is 32.2. The van der Waals surface area contributed by atoms with E-state index >= 15 is 0 Å². The van der Waals surface area contributed by atoms with E-state index in [1.807, 2.05) is 19.1 Å². The summed E-state index contributed by atoms with van der Waals surface area (Å²) in [4.78, 5) is 15.0. The van der Waals surface area contributed by atoms with Crippen LogP contribution in [0, 0.1) is 20.8 Å². The van der Waals surface area contributed by atoms with Crippen molar-refractivity contribution in [1.29, 1.82) is 0 Å². The Kier molecular flexibility index (Phi) is 7.02. The number of hydrogen-bond donors (Lipinski definition) is 1. The average Bonchev–Trinajstić information content (AvgIpc) is 3.17. The number of carbonyl (C=O) groups is 1. The van der Waals surface area contributed by atoms with Gasteiger partial charge >= 0.3 is 12.1 Å². The third kappa shape index (κ3) is 6.10. The standard InChI is InChI=1S/C26H22F5N3O2S/c1-14-8-15(2)24(16(3)9-14)37-18-5-6-19-20(12-18)33-34(32-19)21-7-4-17(10-22(21)35)11-23(36)25(27,28)13-26(29,30)31/h4-10,12,35H,11,13H2,1-3H3. The lowest BCUT2D eigenvalue weighted by Crippen LogP contribution is -2.35. The minimum atomic E-state index is -5.19. The van der Waals surface area contributed by atoms with Crippen LogP contribution in [-0.4, -0.2) is 38.0 Å². The van der Waals surface area contributed by atoms with Crippen molar-refractivity contribution in [3.63, 3.8) is 0 Å². The van der Waals surface area contributed by atoms with Gasteiger partial charge in [0.1, 0.15) is 28.9 Å². The highest BCUT2D eigenvalue weighted by Crippen LogP contribution is 2.36. The zero-order chi connectivity index (χ0) is 27.1. The number of carbonyl (C=O) groups excluding carboxylic acids is 1. The summed E-state index contributed by atoms with van der Waals surface area (Å²) in [5.74, 6) is -6.85. The molecule has 0 radical (unpaired) electrons. The number of alkyl halides is 5. The van der Waals surface area contributed by atoms with E-state index in [-0.39, 0.29) is 11.3 Å². The van der Waals surface area contributed by atoms with Crippen LogP contribution in [0.15, 0.2) is 58.3 Å². The molecule has 0 fully saturated rings. The molecule has 0 aliphatic carbocycles. The summed E-state index contributed by atoms with van der Waals surface area (Å²) in [7, 11) is 0. The Morgan fingerprint density at radius 2 is 1.57 bits per heavy atom. The third-order valence-corrected chi connectivity index (χ3v) is 6.96. The molecule has 0 amide bonds. The second-order valence-electron chi connectivity index (χ2n) is 8.89. The summed E-state index contributed by atoms with van der Waals surface area (Å²) in [5, 5.41) is 19.1. The van der Waals surface area contributed by atoms with Crippen LogP contribution >= 0.6 is 11.8 Å². The lowest BCUT2D eigenvalue weighted by molar-refractivity contribution is -0.192. The van der Waals surface area contributed by atoms with Gasteiger partial charge in [-0.25, -0.2) is 0 Å². The van der Waals surface area contributed by atoms with Gasteiger partial charge in [-0.2, -0.15) is 22.0 Å². The summed E-state index contributed by atoms with van der Waals surface area (Å²) < 4.78 is 64.3. The lowest BCUT2D eigenvalue weighted by Gasteiger charge is -2.17. The molecule has 11 heteroatoms. The number of fused-ring (bicyclic) bond motifs is 1. The summed E-state index contributed by atoms with van der Waals surface area (Å²) in [6.07, 6.45) is -8.69. The number of aromatic nitrogens is 3. The number of aryl methyl sites for hydroxylation is 3. The predicted molar refractivity (Wildman–Crippen MR) is 130 cm³/mol. The molecule has 194 valence electrons. The number of Topliss-reactive ketones (excluding diaryl/α,β-unsaturated/α-hetero) is 1. The number of phenolic OH excluding ortho intramolecular Hbond substituents is 1. The number of halogens is 5. The van der Waals surface area contributed by atoms with Crippen molar-refractivity contribution in [1.82, 2.24) is 15.0 Å². The monoisotopic (exact) mass is 535 g/mol. The van der Waals surface area contributed by atoms with Gasteiger partial charge < -0.3 is 5.11 Å². The highest BCUT2D eigenvalue weighted by molar-refractivity contribution is 7.99. The van der Waals surface area contributed by atoms with E-state index in [4.69, 9.17) is 0 Å². The molecule has 0 bridgehead atoms. The van der Waals surface area contributed by atoms with Gasteiger partial charge in [0.15, 0.2) is 0 Å². The fourth-order valence-corrected chi connectivity index (χ4v) is 5.01. The van der Waals surface area contributed by atoms with Crippen LogP contribution in [0.1, 0.15) is 28.7 Å². The summed E-state index contributed by atoms with van der Waals surface area (Å²) in [6.45, 7) is 6.14. The Hall–Kier alpha value is -3.47. The van der Waals surface area contributed by atoms with Crippen molar-refractivity contribution in [3.05, 3.63) is 70.8 Å². The van der Waals surface area contributed by atoms with E-state index in [1.54, 1.807) is 17.8 Å². The molecular formula is C26H22F5N3O2S. The van der Waals surface area contributed by atoms with Gasteiger partial charge in [0, 0.05) is 16.2 Å². The summed E-state index contributed by atoms with van der Waals surface area (Å²) >= 11 is 1.60. The van der Waals surface area contributed by atoms with Crippen LogP contribution in [0.4, 0.5) is 22.0 Å². The third-order valence-electron chi connectivity index (χ3n) is 5.63. The maximum Gasteiger partial charge on any atom is 0.395 e. The lowest BCUT2D eigenvalue weighted by atomic mass is 10.0. The Balaban J connectivity index is 1.55. The van der Waals surface area contributed by atoms with E-state index in [0.29, 0.717) is 11.0 Å². The second kappa shape index (κ2) is 9.77. The van der Waals surface area contributed by atoms with Crippen LogP contribution in [0.2, 0.25) is 0 Å². The minimum absolute atomic E-state index is 0.0627. The van der Waals surface area contributed by atoms with Gasteiger partial charge in [-0.15, -0.1) is 15.0 Å². The van der Waals surface area contributed by atoms with Crippen LogP contribution in [0.25, 0.3) is 16.7 Å². The molecule has 4 aromatic rings. The molecule has 37 heavy (non-hydrogen) atoms. The van der Waals surface area contributed by atoms with E-state index in [1.165, 1.54) is 22.5 Å². The molecule has 1 aromatic heterocycles. The topological polar surface area (TPSA) is 68.0 Å². The first-order valence-corrected chi connectivity index (χ1v) is 12.0. The van der Waals surface area contributed by atoms with Gasteiger partial charge in [0.05, 0.1) is 0 Å². The predicted octanol–water partition coefficient (Wildman–Crippen LogP) is 6.90. The van der Waals surface area contributed by atoms with Gasteiger partial charge in [-0.3, -0.25) is 4.79 Å². The maximum absolute atomic E-state index is 13.6. The molecule has 1 heterocycles. The number of phenols is 1. The minimum Gasteiger partial charge on any atom is -0.506 e. The fraction of sp³-hybridized carbons (Fsp3) is 0.269. The first-order chi connectivity index (χ1) is 17.2. The SMILES string of the molecule is Cc1cc(C)c(Sc2ccc3nn(-c4ccc(CC(=O)C(F)(F)CC(F)(F)F)cc4O)nc3c2)c(C)c1. The maximum atomic E-state index is 13.6. The number of aromatic hydroxyl groups is 1. The molecule has 0 aliphatic rings. The molecule has 1 N–H and O–H groups in total. The second-order valence-corrected chi connectivity index (χ2v) is 9.97. The number of benzene rings is 3. The average molecular weight is 536 g/mol. The van der Waals surface area contributed by atoms with Crippen molar-refractivity contribution >= 4 is 28.6 Å². The van der Waals surface area contributed by atoms with E-state index in [2.05, 4.69) is 36.2 Å². The molecule has 0 atom stereocenters. The molecule has 0 saturated carbocycles. The Morgan fingerprint density at radius 1 is 0.919 bits per heavy atom. The van der Waals surface area contributed by atoms with Crippen molar-refractivity contribution < 1.29 is 31.9 Å². The molecule has 5 nitrogen and oxygen atoms in total. The van der Waals surface area contributed by atoms with E-state index < -0.39 is 36.5 Å². The smallest absolute Gasteiger partial charge is 0.395 e. The number of rotatable bonds is 7. The van der Waals surface area contributed by atoms with Gasteiger partial charge in [-0.1, -0.05) is 35.5 Å². The largest absolute Gasteiger partial charge is 0.506 e. The zero-order valence-corrected chi connectivity index (χ0v) is 20.8. The molecule has 3 aromatic carbocycles.